The number of likely N-dealkylation sites (N-methyl/N-ethyl adjacent to an activating group) is 1. The van der Waals surface area contributed by atoms with Gasteiger partial charge in [-0.25, -0.2) is 0 Å². The van der Waals surface area contributed by atoms with Crippen molar-refractivity contribution in [3.05, 3.63) is 68.8 Å². The zero-order valence-electron chi connectivity index (χ0n) is 15.0. The first-order valence-corrected chi connectivity index (χ1v) is 8.06. The molecule has 2 aromatic carbocycles. The van der Waals surface area contributed by atoms with E-state index < -0.39 is 4.92 Å². The Kier molecular flexibility index (Phi) is 5.88. The first-order chi connectivity index (χ1) is 11.8. The predicted molar refractivity (Wildman–Crippen MR) is 98.7 cm³/mol. The highest BCUT2D eigenvalue weighted by Crippen LogP contribution is 2.22. The summed E-state index contributed by atoms with van der Waals surface area (Å²) >= 11 is 0. The van der Waals surface area contributed by atoms with E-state index in [1.807, 2.05) is 44.9 Å². The molecule has 1 amide bonds. The van der Waals surface area contributed by atoms with Crippen LogP contribution in [0.15, 0.2) is 36.4 Å². The van der Waals surface area contributed by atoms with Gasteiger partial charge in [0.05, 0.1) is 11.5 Å². The molecule has 0 aromatic heterocycles. The van der Waals surface area contributed by atoms with Gasteiger partial charge < -0.3 is 5.32 Å². The number of non-ortho nitro benzene ring substituents is 1. The topological polar surface area (TPSA) is 75.5 Å². The SMILES string of the molecule is Cc1cc(C)c(NC(=O)CN(C)Cc2ccc([N+](=O)[O-])cc2)c(C)c1. The first kappa shape index (κ1) is 18.6. The standard InChI is InChI=1S/C19H23N3O3/c1-13-9-14(2)19(15(3)10-13)20-18(23)12-21(4)11-16-5-7-17(8-6-16)22(24)25/h5-10H,11-12H2,1-4H3,(H,20,23). The maximum Gasteiger partial charge on any atom is 0.269 e. The van der Waals surface area contributed by atoms with Crippen molar-refractivity contribution in [2.24, 2.45) is 0 Å². The molecule has 6 nitrogen and oxygen atoms in total. The molecule has 2 rings (SSSR count). The molecule has 0 saturated carbocycles. The van der Waals surface area contributed by atoms with E-state index in [-0.39, 0.29) is 18.1 Å². The maximum atomic E-state index is 12.3. The van der Waals surface area contributed by atoms with Crippen molar-refractivity contribution in [1.82, 2.24) is 4.90 Å². The fourth-order valence-corrected chi connectivity index (χ4v) is 2.89. The Balaban J connectivity index is 1.95. The second kappa shape index (κ2) is 7.90. The molecular weight excluding hydrogens is 318 g/mol. The Morgan fingerprint density at radius 1 is 1.12 bits per heavy atom. The number of nitro groups is 1. The zero-order valence-corrected chi connectivity index (χ0v) is 15.0. The van der Waals surface area contributed by atoms with Gasteiger partial charge in [0, 0.05) is 24.4 Å². The van der Waals surface area contributed by atoms with E-state index in [9.17, 15) is 14.9 Å². The summed E-state index contributed by atoms with van der Waals surface area (Å²) in [5.74, 6) is -0.0838. The molecule has 0 spiro atoms. The Bertz CT molecular complexity index is 762. The normalized spacial score (nSPS) is 10.8. The number of amides is 1. The summed E-state index contributed by atoms with van der Waals surface area (Å²) in [5, 5.41) is 13.6. The monoisotopic (exact) mass is 341 g/mol. The minimum absolute atomic E-state index is 0.0643. The number of hydrogen-bond donors (Lipinski definition) is 1. The summed E-state index contributed by atoms with van der Waals surface area (Å²) in [6.07, 6.45) is 0. The molecule has 0 aliphatic rings. The minimum atomic E-state index is -0.423. The van der Waals surface area contributed by atoms with E-state index in [4.69, 9.17) is 0 Å². The summed E-state index contributed by atoms with van der Waals surface area (Å²) in [5.41, 5.74) is 5.11. The quantitative estimate of drug-likeness (QED) is 0.643. The second-order valence-electron chi connectivity index (χ2n) is 6.42. The van der Waals surface area contributed by atoms with Gasteiger partial charge in [-0.1, -0.05) is 29.8 Å². The van der Waals surface area contributed by atoms with Gasteiger partial charge in [0.2, 0.25) is 5.91 Å². The molecule has 6 heteroatoms. The van der Waals surface area contributed by atoms with Crippen LogP contribution >= 0.6 is 0 Å². The summed E-state index contributed by atoms with van der Waals surface area (Å²) in [4.78, 5) is 24.4. The number of nitro benzene ring substituents is 1. The number of carbonyl (C=O) groups is 1. The average Bonchev–Trinajstić information content (AvgIpc) is 2.51. The Morgan fingerprint density at radius 3 is 2.20 bits per heavy atom. The van der Waals surface area contributed by atoms with Crippen LogP contribution in [-0.4, -0.2) is 29.3 Å². The molecule has 0 fully saturated rings. The van der Waals surface area contributed by atoms with E-state index >= 15 is 0 Å². The van der Waals surface area contributed by atoms with Gasteiger partial charge >= 0.3 is 0 Å². The molecule has 25 heavy (non-hydrogen) atoms. The number of nitrogens with one attached hydrogen (secondary N) is 1. The van der Waals surface area contributed by atoms with Crippen molar-refractivity contribution < 1.29 is 9.72 Å². The summed E-state index contributed by atoms with van der Waals surface area (Å²) in [7, 11) is 1.84. The van der Waals surface area contributed by atoms with Gasteiger partial charge in [0.1, 0.15) is 0 Å². The molecule has 0 unspecified atom stereocenters. The average molecular weight is 341 g/mol. The van der Waals surface area contributed by atoms with Gasteiger partial charge in [-0.05, 0) is 44.5 Å². The number of nitrogens with zero attached hydrogens (tertiary/aromatic N) is 2. The van der Waals surface area contributed by atoms with E-state index in [1.165, 1.54) is 17.7 Å². The summed E-state index contributed by atoms with van der Waals surface area (Å²) in [6, 6.07) is 10.5. The van der Waals surface area contributed by atoms with Gasteiger partial charge in [-0.3, -0.25) is 19.8 Å². The van der Waals surface area contributed by atoms with Gasteiger partial charge in [0.15, 0.2) is 0 Å². The predicted octanol–water partition coefficient (Wildman–Crippen LogP) is 3.59. The lowest BCUT2D eigenvalue weighted by molar-refractivity contribution is -0.384. The van der Waals surface area contributed by atoms with E-state index in [0.29, 0.717) is 6.54 Å². The highest BCUT2D eigenvalue weighted by atomic mass is 16.6. The molecule has 1 N–H and O–H groups in total. The molecule has 132 valence electrons. The van der Waals surface area contributed by atoms with Crippen molar-refractivity contribution in [3.63, 3.8) is 0 Å². The third kappa shape index (κ3) is 5.12. The van der Waals surface area contributed by atoms with Crippen LogP contribution in [0, 0.1) is 30.9 Å². The number of rotatable bonds is 6. The van der Waals surface area contributed by atoms with Crippen LogP contribution in [-0.2, 0) is 11.3 Å². The smallest absolute Gasteiger partial charge is 0.269 e. The lowest BCUT2D eigenvalue weighted by Gasteiger charge is -2.18. The molecule has 0 saturated heterocycles. The van der Waals surface area contributed by atoms with E-state index in [2.05, 4.69) is 5.32 Å². The number of benzene rings is 2. The zero-order chi connectivity index (χ0) is 18.6. The molecule has 0 radical (unpaired) electrons. The van der Waals surface area contributed by atoms with Gasteiger partial charge in [0.25, 0.3) is 5.69 Å². The fraction of sp³-hybridized carbons (Fsp3) is 0.316. The Morgan fingerprint density at radius 2 is 1.68 bits per heavy atom. The van der Waals surface area contributed by atoms with Crippen molar-refractivity contribution >= 4 is 17.3 Å². The molecular formula is C19H23N3O3. The lowest BCUT2D eigenvalue weighted by atomic mass is 10.1. The fourth-order valence-electron chi connectivity index (χ4n) is 2.89. The van der Waals surface area contributed by atoms with Crippen LogP contribution in [0.1, 0.15) is 22.3 Å². The van der Waals surface area contributed by atoms with Crippen molar-refractivity contribution in [3.8, 4) is 0 Å². The maximum absolute atomic E-state index is 12.3. The van der Waals surface area contributed by atoms with E-state index in [1.54, 1.807) is 12.1 Å². The Hall–Kier alpha value is -2.73. The largest absolute Gasteiger partial charge is 0.324 e. The lowest BCUT2D eigenvalue weighted by Crippen LogP contribution is -2.30. The number of hydrogen-bond acceptors (Lipinski definition) is 4. The third-order valence-corrected chi connectivity index (χ3v) is 3.95. The van der Waals surface area contributed by atoms with Crippen molar-refractivity contribution in [1.29, 1.82) is 0 Å². The van der Waals surface area contributed by atoms with Gasteiger partial charge in [-0.2, -0.15) is 0 Å². The van der Waals surface area contributed by atoms with Crippen LogP contribution in [0.3, 0.4) is 0 Å². The van der Waals surface area contributed by atoms with Crippen molar-refractivity contribution in [2.75, 3.05) is 18.9 Å². The summed E-state index contributed by atoms with van der Waals surface area (Å²) < 4.78 is 0. The molecule has 0 bridgehead atoms. The van der Waals surface area contributed by atoms with E-state index in [0.717, 1.165) is 22.4 Å². The molecule has 0 aliphatic heterocycles. The second-order valence-corrected chi connectivity index (χ2v) is 6.42. The molecule has 0 atom stereocenters. The number of aryl methyl sites for hydroxylation is 3. The minimum Gasteiger partial charge on any atom is -0.324 e. The summed E-state index contributed by atoms with van der Waals surface area (Å²) in [6.45, 7) is 6.77. The number of anilines is 1. The molecule has 2 aromatic rings. The highest BCUT2D eigenvalue weighted by molar-refractivity contribution is 5.93. The van der Waals surface area contributed by atoms with Crippen LogP contribution in [0.4, 0.5) is 11.4 Å². The highest BCUT2D eigenvalue weighted by Gasteiger charge is 2.12. The van der Waals surface area contributed by atoms with Crippen molar-refractivity contribution in [2.45, 2.75) is 27.3 Å². The third-order valence-electron chi connectivity index (χ3n) is 3.95. The van der Waals surface area contributed by atoms with Crippen LogP contribution in [0.25, 0.3) is 0 Å². The molecule has 0 heterocycles. The Labute approximate surface area is 147 Å². The number of carbonyl (C=O) groups excluding carboxylic acids is 1. The van der Waals surface area contributed by atoms with Gasteiger partial charge in [-0.15, -0.1) is 0 Å². The van der Waals surface area contributed by atoms with Crippen LogP contribution in [0.5, 0.6) is 0 Å². The van der Waals surface area contributed by atoms with Crippen LogP contribution in [0.2, 0.25) is 0 Å². The molecule has 0 aliphatic carbocycles. The van der Waals surface area contributed by atoms with Crippen LogP contribution < -0.4 is 5.32 Å². The first-order valence-electron chi connectivity index (χ1n) is 8.06.